The Balaban J connectivity index is 2.17. The fourth-order valence-corrected chi connectivity index (χ4v) is 2.75. The van der Waals surface area contributed by atoms with Crippen LogP contribution in [0.3, 0.4) is 0 Å². The van der Waals surface area contributed by atoms with Crippen molar-refractivity contribution >= 4 is 0 Å². The van der Waals surface area contributed by atoms with Crippen LogP contribution in [0.2, 0.25) is 0 Å². The summed E-state index contributed by atoms with van der Waals surface area (Å²) in [5.74, 6) is 0.983. The van der Waals surface area contributed by atoms with Crippen molar-refractivity contribution in [2.24, 2.45) is 0 Å². The first-order chi connectivity index (χ1) is 9.26. The second-order valence-corrected chi connectivity index (χ2v) is 5.41. The van der Waals surface area contributed by atoms with E-state index < -0.39 is 0 Å². The monoisotopic (exact) mass is 263 g/mol. The lowest BCUT2D eigenvalue weighted by Gasteiger charge is -2.31. The molecule has 3 heteroatoms. The SMILES string of the molecule is COCCOc1ccccc1C1(C)CCCCCN1. The maximum Gasteiger partial charge on any atom is 0.124 e. The zero-order valence-corrected chi connectivity index (χ0v) is 12.1. The van der Waals surface area contributed by atoms with Gasteiger partial charge in [-0.1, -0.05) is 31.0 Å². The average molecular weight is 263 g/mol. The predicted octanol–water partition coefficient (Wildman–Crippen LogP) is 3.09. The van der Waals surface area contributed by atoms with E-state index in [9.17, 15) is 0 Å². The molecule has 106 valence electrons. The highest BCUT2D eigenvalue weighted by atomic mass is 16.5. The van der Waals surface area contributed by atoms with E-state index in [2.05, 4.69) is 30.4 Å². The molecule has 1 fully saturated rings. The van der Waals surface area contributed by atoms with Gasteiger partial charge in [-0.25, -0.2) is 0 Å². The molecule has 1 atom stereocenters. The van der Waals surface area contributed by atoms with Crippen molar-refractivity contribution in [3.63, 3.8) is 0 Å². The third-order valence-corrected chi connectivity index (χ3v) is 3.90. The van der Waals surface area contributed by atoms with E-state index in [4.69, 9.17) is 9.47 Å². The van der Waals surface area contributed by atoms with E-state index in [-0.39, 0.29) is 5.54 Å². The number of rotatable bonds is 5. The summed E-state index contributed by atoms with van der Waals surface area (Å²) in [5, 5.41) is 3.69. The molecule has 0 amide bonds. The van der Waals surface area contributed by atoms with Gasteiger partial charge >= 0.3 is 0 Å². The highest BCUT2D eigenvalue weighted by molar-refractivity contribution is 5.39. The van der Waals surface area contributed by atoms with Gasteiger partial charge in [-0.3, -0.25) is 0 Å². The second-order valence-electron chi connectivity index (χ2n) is 5.41. The molecular formula is C16H25NO2. The van der Waals surface area contributed by atoms with E-state index in [0.717, 1.165) is 18.7 Å². The van der Waals surface area contributed by atoms with E-state index in [1.807, 2.05) is 6.07 Å². The lowest BCUT2D eigenvalue weighted by molar-refractivity contribution is 0.144. The van der Waals surface area contributed by atoms with Gasteiger partial charge in [-0.15, -0.1) is 0 Å². The van der Waals surface area contributed by atoms with Gasteiger partial charge in [0.05, 0.1) is 6.61 Å². The van der Waals surface area contributed by atoms with Gasteiger partial charge in [0.15, 0.2) is 0 Å². The zero-order valence-electron chi connectivity index (χ0n) is 12.1. The number of benzene rings is 1. The molecule has 1 aromatic rings. The summed E-state index contributed by atoms with van der Waals surface area (Å²) in [4.78, 5) is 0. The molecule has 1 N–H and O–H groups in total. The van der Waals surface area contributed by atoms with Crippen molar-refractivity contribution in [1.29, 1.82) is 0 Å². The number of hydrogen-bond acceptors (Lipinski definition) is 3. The highest BCUT2D eigenvalue weighted by Crippen LogP contribution is 2.35. The maximum atomic E-state index is 5.87. The first-order valence-electron chi connectivity index (χ1n) is 7.22. The van der Waals surface area contributed by atoms with E-state index in [1.165, 1.54) is 24.8 Å². The first kappa shape index (κ1) is 14.4. The van der Waals surface area contributed by atoms with E-state index in [1.54, 1.807) is 7.11 Å². The number of para-hydroxylation sites is 1. The Morgan fingerprint density at radius 2 is 2.00 bits per heavy atom. The van der Waals surface area contributed by atoms with Crippen LogP contribution in [0.15, 0.2) is 24.3 Å². The molecule has 1 saturated heterocycles. The van der Waals surface area contributed by atoms with Crippen LogP contribution in [0, 0.1) is 0 Å². The summed E-state index contributed by atoms with van der Waals surface area (Å²) in [7, 11) is 1.70. The van der Waals surface area contributed by atoms with Gasteiger partial charge in [0, 0.05) is 18.2 Å². The van der Waals surface area contributed by atoms with Gasteiger partial charge in [0.2, 0.25) is 0 Å². The van der Waals surface area contributed by atoms with Crippen molar-refractivity contribution in [2.45, 2.75) is 38.1 Å². The molecule has 2 rings (SSSR count). The minimum absolute atomic E-state index is 0.0279. The second kappa shape index (κ2) is 6.92. The summed E-state index contributed by atoms with van der Waals surface area (Å²) in [5.41, 5.74) is 1.30. The summed E-state index contributed by atoms with van der Waals surface area (Å²) in [6.45, 7) is 4.60. The smallest absolute Gasteiger partial charge is 0.124 e. The van der Waals surface area contributed by atoms with Crippen molar-refractivity contribution in [3.8, 4) is 5.75 Å². The number of nitrogens with one attached hydrogen (secondary N) is 1. The van der Waals surface area contributed by atoms with E-state index in [0.29, 0.717) is 13.2 Å². The molecule has 3 nitrogen and oxygen atoms in total. The number of methoxy groups -OCH3 is 1. The van der Waals surface area contributed by atoms with Gasteiger partial charge in [-0.2, -0.15) is 0 Å². The third-order valence-electron chi connectivity index (χ3n) is 3.90. The summed E-state index contributed by atoms with van der Waals surface area (Å²) in [6.07, 6.45) is 5.02. The van der Waals surface area contributed by atoms with Gasteiger partial charge in [0.1, 0.15) is 12.4 Å². The molecule has 0 aromatic heterocycles. The Hall–Kier alpha value is -1.06. The van der Waals surface area contributed by atoms with Crippen LogP contribution in [0.1, 0.15) is 38.2 Å². The summed E-state index contributed by atoms with van der Waals surface area (Å²) < 4.78 is 10.9. The maximum absolute atomic E-state index is 5.87. The Morgan fingerprint density at radius 3 is 2.84 bits per heavy atom. The van der Waals surface area contributed by atoms with Crippen molar-refractivity contribution in [2.75, 3.05) is 26.9 Å². The molecule has 1 aliphatic rings. The fourth-order valence-electron chi connectivity index (χ4n) is 2.75. The lowest BCUT2D eigenvalue weighted by atomic mass is 9.87. The van der Waals surface area contributed by atoms with Crippen LogP contribution in [-0.2, 0) is 10.3 Å². The lowest BCUT2D eigenvalue weighted by Crippen LogP contribution is -2.39. The quantitative estimate of drug-likeness (QED) is 0.828. The third kappa shape index (κ3) is 3.71. The molecule has 0 radical (unpaired) electrons. The molecule has 1 aromatic carbocycles. The minimum atomic E-state index is 0.0279. The van der Waals surface area contributed by atoms with Crippen molar-refractivity contribution < 1.29 is 9.47 Å². The molecule has 0 bridgehead atoms. The number of ether oxygens (including phenoxy) is 2. The highest BCUT2D eigenvalue weighted by Gasteiger charge is 2.29. The molecule has 1 unspecified atom stereocenters. The van der Waals surface area contributed by atoms with Crippen LogP contribution in [0.5, 0.6) is 5.75 Å². The standard InChI is InChI=1S/C16H25NO2/c1-16(10-6-3-7-11-17-16)14-8-4-5-9-15(14)19-13-12-18-2/h4-5,8-9,17H,3,6-7,10-13H2,1-2H3. The summed E-state index contributed by atoms with van der Waals surface area (Å²) in [6, 6.07) is 8.37. The van der Waals surface area contributed by atoms with Crippen LogP contribution < -0.4 is 10.1 Å². The van der Waals surface area contributed by atoms with Crippen LogP contribution in [-0.4, -0.2) is 26.9 Å². The van der Waals surface area contributed by atoms with Crippen LogP contribution >= 0.6 is 0 Å². The van der Waals surface area contributed by atoms with Gasteiger partial charge < -0.3 is 14.8 Å². The van der Waals surface area contributed by atoms with Crippen LogP contribution in [0.25, 0.3) is 0 Å². The largest absolute Gasteiger partial charge is 0.491 e. The zero-order chi connectivity index (χ0) is 13.6. The predicted molar refractivity (Wildman–Crippen MR) is 77.6 cm³/mol. The molecular weight excluding hydrogens is 238 g/mol. The minimum Gasteiger partial charge on any atom is -0.491 e. The van der Waals surface area contributed by atoms with E-state index >= 15 is 0 Å². The topological polar surface area (TPSA) is 30.5 Å². The Labute approximate surface area is 116 Å². The molecule has 0 spiro atoms. The first-order valence-corrected chi connectivity index (χ1v) is 7.22. The van der Waals surface area contributed by atoms with Crippen LogP contribution in [0.4, 0.5) is 0 Å². The van der Waals surface area contributed by atoms with Gasteiger partial charge in [0.25, 0.3) is 0 Å². The molecule has 0 aliphatic carbocycles. The fraction of sp³-hybridized carbons (Fsp3) is 0.625. The molecule has 0 saturated carbocycles. The summed E-state index contributed by atoms with van der Waals surface area (Å²) >= 11 is 0. The van der Waals surface area contributed by atoms with Crippen molar-refractivity contribution in [3.05, 3.63) is 29.8 Å². The molecule has 1 aliphatic heterocycles. The van der Waals surface area contributed by atoms with Crippen molar-refractivity contribution in [1.82, 2.24) is 5.32 Å². The number of hydrogen-bond donors (Lipinski definition) is 1. The Morgan fingerprint density at radius 1 is 1.16 bits per heavy atom. The van der Waals surface area contributed by atoms with Gasteiger partial charge in [-0.05, 0) is 32.4 Å². The average Bonchev–Trinajstić information content (AvgIpc) is 2.65. The Kier molecular flexibility index (Phi) is 5.23. The Bertz CT molecular complexity index is 384. The molecule has 19 heavy (non-hydrogen) atoms. The normalized spacial score (nSPS) is 23.9. The molecule has 1 heterocycles.